The number of benzene rings is 1. The third-order valence-electron chi connectivity index (χ3n) is 4.70. The van der Waals surface area contributed by atoms with Crippen molar-refractivity contribution in [1.82, 2.24) is 14.5 Å². The van der Waals surface area contributed by atoms with Crippen molar-refractivity contribution in [1.29, 1.82) is 0 Å². The Hall–Kier alpha value is -2.67. The molecule has 0 saturated carbocycles. The Labute approximate surface area is 160 Å². The van der Waals surface area contributed by atoms with E-state index in [1.807, 2.05) is 36.4 Å². The molecule has 0 fully saturated rings. The summed E-state index contributed by atoms with van der Waals surface area (Å²) in [5.74, 6) is -1.10. The van der Waals surface area contributed by atoms with Crippen molar-refractivity contribution in [3.8, 4) is 0 Å². The van der Waals surface area contributed by atoms with Crippen LogP contribution in [0.2, 0.25) is 0 Å². The zero-order valence-electron chi connectivity index (χ0n) is 14.7. The van der Waals surface area contributed by atoms with Crippen molar-refractivity contribution in [3.63, 3.8) is 0 Å². The first kappa shape index (κ1) is 17.7. The minimum absolute atomic E-state index is 0.155. The molecule has 1 aliphatic carbocycles. The summed E-state index contributed by atoms with van der Waals surface area (Å²) in [6, 6.07) is 11.6. The minimum Gasteiger partial charge on any atom is -0.481 e. The van der Waals surface area contributed by atoms with E-state index in [1.165, 1.54) is 0 Å². The number of hydrogen-bond acceptors (Lipinski definition) is 5. The van der Waals surface area contributed by atoms with Crippen LogP contribution in [0.4, 0.5) is 0 Å². The molecule has 0 unspecified atom stereocenters. The molecule has 0 spiro atoms. The summed E-state index contributed by atoms with van der Waals surface area (Å²) in [7, 11) is 0. The lowest BCUT2D eigenvalue weighted by Gasteiger charge is -2.17. The van der Waals surface area contributed by atoms with E-state index in [4.69, 9.17) is 5.11 Å². The van der Waals surface area contributed by atoms with Crippen LogP contribution < -0.4 is 5.56 Å². The van der Waals surface area contributed by atoms with Gasteiger partial charge in [-0.15, -0.1) is 0 Å². The average molecular weight is 381 g/mol. The SMILES string of the molecule is O=C(O)CSc1nc2nc3c(cc2c(=O)n1Cc1ccccc1)CCCC3. The maximum atomic E-state index is 13.2. The molecule has 2 heterocycles. The normalized spacial score (nSPS) is 13.5. The third-order valence-corrected chi connectivity index (χ3v) is 5.66. The van der Waals surface area contributed by atoms with Gasteiger partial charge < -0.3 is 5.11 Å². The molecule has 6 nitrogen and oxygen atoms in total. The van der Waals surface area contributed by atoms with Crippen molar-refractivity contribution >= 4 is 28.8 Å². The first-order valence-corrected chi connectivity index (χ1v) is 9.92. The maximum absolute atomic E-state index is 13.2. The van der Waals surface area contributed by atoms with E-state index >= 15 is 0 Å². The van der Waals surface area contributed by atoms with E-state index in [9.17, 15) is 9.59 Å². The van der Waals surface area contributed by atoms with Crippen LogP contribution in [0, 0.1) is 0 Å². The fraction of sp³-hybridized carbons (Fsp3) is 0.300. The van der Waals surface area contributed by atoms with E-state index in [0.29, 0.717) is 22.7 Å². The number of hydrogen-bond donors (Lipinski definition) is 1. The van der Waals surface area contributed by atoms with Crippen LogP contribution in [0.1, 0.15) is 29.7 Å². The highest BCUT2D eigenvalue weighted by Gasteiger charge is 2.18. The molecule has 2 aromatic heterocycles. The summed E-state index contributed by atoms with van der Waals surface area (Å²) in [6.07, 6.45) is 4.04. The smallest absolute Gasteiger partial charge is 0.313 e. The number of aliphatic carboxylic acids is 1. The van der Waals surface area contributed by atoms with E-state index in [-0.39, 0.29) is 11.3 Å². The van der Waals surface area contributed by atoms with Gasteiger partial charge in [-0.25, -0.2) is 9.97 Å². The number of rotatable bonds is 5. The molecule has 0 saturated heterocycles. The van der Waals surface area contributed by atoms with Crippen LogP contribution >= 0.6 is 11.8 Å². The molecular formula is C20H19N3O3S. The lowest BCUT2D eigenvalue weighted by atomic mass is 9.95. The van der Waals surface area contributed by atoms with Gasteiger partial charge in [-0.1, -0.05) is 42.1 Å². The first-order valence-electron chi connectivity index (χ1n) is 8.93. The number of carboxylic acids is 1. The Morgan fingerprint density at radius 1 is 1.15 bits per heavy atom. The van der Waals surface area contributed by atoms with Gasteiger partial charge in [-0.2, -0.15) is 0 Å². The number of aromatic nitrogens is 3. The molecule has 1 N–H and O–H groups in total. The Bertz CT molecular complexity index is 1060. The van der Waals surface area contributed by atoms with E-state index in [0.717, 1.165) is 54.3 Å². The van der Waals surface area contributed by atoms with Crippen molar-refractivity contribution in [3.05, 3.63) is 63.6 Å². The molecule has 4 rings (SSSR count). The lowest BCUT2D eigenvalue weighted by molar-refractivity contribution is -0.133. The average Bonchev–Trinajstić information content (AvgIpc) is 2.68. The van der Waals surface area contributed by atoms with Crippen molar-refractivity contribution in [2.24, 2.45) is 0 Å². The number of pyridine rings is 1. The fourth-order valence-electron chi connectivity index (χ4n) is 3.39. The summed E-state index contributed by atoms with van der Waals surface area (Å²) in [6.45, 7) is 0.349. The Morgan fingerprint density at radius 2 is 1.93 bits per heavy atom. The number of fused-ring (bicyclic) bond motifs is 2. The second-order valence-corrected chi connectivity index (χ2v) is 7.57. The topological polar surface area (TPSA) is 85.1 Å². The second kappa shape index (κ2) is 7.52. The molecular weight excluding hydrogens is 362 g/mol. The lowest BCUT2D eigenvalue weighted by Crippen LogP contribution is -2.25. The zero-order valence-corrected chi connectivity index (χ0v) is 15.5. The van der Waals surface area contributed by atoms with Crippen LogP contribution in [-0.4, -0.2) is 31.4 Å². The molecule has 0 radical (unpaired) electrons. The summed E-state index contributed by atoms with van der Waals surface area (Å²) in [5, 5.41) is 9.94. The summed E-state index contributed by atoms with van der Waals surface area (Å²) in [5.41, 5.74) is 3.35. The summed E-state index contributed by atoms with van der Waals surface area (Å²) >= 11 is 1.05. The Balaban J connectivity index is 1.86. The number of carboxylic acid groups (broad SMARTS) is 1. The second-order valence-electron chi connectivity index (χ2n) is 6.63. The molecule has 0 bridgehead atoms. The third kappa shape index (κ3) is 3.73. The monoisotopic (exact) mass is 381 g/mol. The van der Waals surface area contributed by atoms with Crippen LogP contribution in [0.5, 0.6) is 0 Å². The predicted octanol–water partition coefficient (Wildman–Crippen LogP) is 2.90. The molecule has 7 heteroatoms. The van der Waals surface area contributed by atoms with Gasteiger partial charge in [0.25, 0.3) is 5.56 Å². The van der Waals surface area contributed by atoms with Gasteiger partial charge >= 0.3 is 5.97 Å². The standard InChI is InChI=1S/C20H19N3O3S/c24-17(25)12-27-20-22-18-15(10-14-8-4-5-9-16(14)21-18)19(26)23(20)11-13-6-2-1-3-7-13/h1-3,6-7,10H,4-5,8-9,11-12H2,(H,24,25). The van der Waals surface area contributed by atoms with Crippen molar-refractivity contribution in [2.75, 3.05) is 5.75 Å². The highest BCUT2D eigenvalue weighted by atomic mass is 32.2. The molecule has 0 aliphatic heterocycles. The van der Waals surface area contributed by atoms with E-state index < -0.39 is 5.97 Å². The molecule has 0 atom stereocenters. The number of thioether (sulfide) groups is 1. The van der Waals surface area contributed by atoms with Crippen molar-refractivity contribution in [2.45, 2.75) is 37.4 Å². The van der Waals surface area contributed by atoms with Crippen LogP contribution in [0.15, 0.2) is 46.3 Å². The highest BCUT2D eigenvalue weighted by Crippen LogP contribution is 2.24. The molecule has 1 aromatic carbocycles. The quantitative estimate of drug-likeness (QED) is 0.540. The largest absolute Gasteiger partial charge is 0.481 e. The van der Waals surface area contributed by atoms with Gasteiger partial charge in [-0.05, 0) is 42.9 Å². The van der Waals surface area contributed by atoms with Gasteiger partial charge in [-0.3, -0.25) is 14.2 Å². The first-order chi connectivity index (χ1) is 13.1. The predicted molar refractivity (Wildman–Crippen MR) is 104 cm³/mol. The molecule has 138 valence electrons. The summed E-state index contributed by atoms with van der Waals surface area (Å²) < 4.78 is 1.56. The van der Waals surface area contributed by atoms with Gasteiger partial charge in [0.1, 0.15) is 0 Å². The van der Waals surface area contributed by atoms with Gasteiger partial charge in [0.15, 0.2) is 10.8 Å². The zero-order chi connectivity index (χ0) is 18.8. The number of aryl methyl sites for hydroxylation is 2. The van der Waals surface area contributed by atoms with Crippen LogP contribution in [0.3, 0.4) is 0 Å². The molecule has 3 aromatic rings. The van der Waals surface area contributed by atoms with E-state index in [2.05, 4.69) is 9.97 Å². The minimum atomic E-state index is -0.945. The van der Waals surface area contributed by atoms with Crippen molar-refractivity contribution < 1.29 is 9.90 Å². The van der Waals surface area contributed by atoms with Crippen LogP contribution in [0.25, 0.3) is 11.0 Å². The number of carbonyl (C=O) groups is 1. The summed E-state index contributed by atoms with van der Waals surface area (Å²) in [4.78, 5) is 33.4. The Kier molecular flexibility index (Phi) is 4.94. The fourth-order valence-corrected chi connectivity index (χ4v) is 4.10. The Morgan fingerprint density at radius 3 is 2.70 bits per heavy atom. The highest BCUT2D eigenvalue weighted by molar-refractivity contribution is 7.99. The van der Waals surface area contributed by atoms with E-state index in [1.54, 1.807) is 4.57 Å². The van der Waals surface area contributed by atoms with Gasteiger partial charge in [0.05, 0.1) is 17.7 Å². The van der Waals surface area contributed by atoms with Gasteiger partial charge in [0.2, 0.25) is 0 Å². The molecule has 1 aliphatic rings. The van der Waals surface area contributed by atoms with Gasteiger partial charge in [0, 0.05) is 5.69 Å². The number of nitrogens with zero attached hydrogens (tertiary/aromatic N) is 3. The molecule has 0 amide bonds. The van der Waals surface area contributed by atoms with Crippen LogP contribution in [-0.2, 0) is 24.2 Å². The maximum Gasteiger partial charge on any atom is 0.313 e. The molecule has 27 heavy (non-hydrogen) atoms.